The normalized spacial score (nSPS) is 13.0. The first-order chi connectivity index (χ1) is 12.1. The second-order valence-corrected chi connectivity index (χ2v) is 5.86. The molecule has 0 spiro atoms. The summed E-state index contributed by atoms with van der Waals surface area (Å²) < 4.78 is 10.7. The minimum absolute atomic E-state index is 0.0110. The Hall–Kier alpha value is -2.73. The van der Waals surface area contributed by atoms with E-state index >= 15 is 0 Å². The van der Waals surface area contributed by atoms with Crippen LogP contribution in [-0.2, 0) is 9.59 Å². The van der Waals surface area contributed by atoms with E-state index in [9.17, 15) is 9.59 Å². The predicted molar refractivity (Wildman–Crippen MR) is 95.5 cm³/mol. The molecule has 1 aliphatic heterocycles. The fourth-order valence-corrected chi connectivity index (χ4v) is 2.74. The van der Waals surface area contributed by atoms with Crippen LogP contribution in [0.25, 0.3) is 0 Å². The predicted octanol–water partition coefficient (Wildman–Crippen LogP) is 3.10. The smallest absolute Gasteiger partial charge is 0.331 e. The first kappa shape index (κ1) is 17.1. The molecular weight excluding hydrogens is 344 g/mol. The number of hydrogen-bond acceptors (Lipinski definition) is 5. The lowest BCUT2D eigenvalue weighted by Gasteiger charge is -2.29. The molecule has 0 unspecified atom stereocenters. The van der Waals surface area contributed by atoms with Crippen LogP contribution in [0.3, 0.4) is 0 Å². The van der Waals surface area contributed by atoms with Gasteiger partial charge < -0.3 is 19.7 Å². The van der Waals surface area contributed by atoms with Gasteiger partial charge in [-0.2, -0.15) is 0 Å². The van der Waals surface area contributed by atoms with Gasteiger partial charge in [-0.15, -0.1) is 0 Å². The van der Waals surface area contributed by atoms with Gasteiger partial charge in [-0.25, -0.2) is 4.79 Å². The monoisotopic (exact) mass is 360 g/mol. The fourth-order valence-electron chi connectivity index (χ4n) is 2.58. The van der Waals surface area contributed by atoms with Crippen LogP contribution in [0.4, 0.5) is 11.4 Å². The first-order valence-electron chi connectivity index (χ1n) is 7.83. The lowest BCUT2D eigenvalue weighted by Crippen LogP contribution is -2.41. The Labute approximate surface area is 150 Å². The zero-order valence-electron chi connectivity index (χ0n) is 13.6. The molecule has 0 bridgehead atoms. The SMILES string of the molecule is CCOc1ccccc1NC(=O)CN1CC(=O)Oc2ccc(Cl)cc21. The van der Waals surface area contributed by atoms with Crippen LogP contribution < -0.4 is 19.7 Å². The molecule has 6 nitrogen and oxygen atoms in total. The van der Waals surface area contributed by atoms with Gasteiger partial charge in [-0.05, 0) is 37.3 Å². The van der Waals surface area contributed by atoms with E-state index in [1.165, 1.54) is 0 Å². The van der Waals surface area contributed by atoms with Crippen molar-refractivity contribution in [3.05, 3.63) is 47.5 Å². The zero-order valence-corrected chi connectivity index (χ0v) is 14.4. The van der Waals surface area contributed by atoms with Gasteiger partial charge in [0.25, 0.3) is 0 Å². The number of para-hydroxylation sites is 2. The summed E-state index contributed by atoms with van der Waals surface area (Å²) in [6.07, 6.45) is 0. The van der Waals surface area contributed by atoms with Crippen molar-refractivity contribution in [2.45, 2.75) is 6.92 Å². The highest BCUT2D eigenvalue weighted by Gasteiger charge is 2.26. The number of esters is 1. The molecule has 0 fully saturated rings. The molecule has 7 heteroatoms. The number of fused-ring (bicyclic) bond motifs is 1. The van der Waals surface area contributed by atoms with E-state index in [2.05, 4.69) is 5.32 Å². The number of rotatable bonds is 5. The van der Waals surface area contributed by atoms with Crippen molar-refractivity contribution in [2.24, 2.45) is 0 Å². The van der Waals surface area contributed by atoms with E-state index < -0.39 is 5.97 Å². The molecule has 0 saturated heterocycles. The van der Waals surface area contributed by atoms with Crippen molar-refractivity contribution in [1.29, 1.82) is 0 Å². The summed E-state index contributed by atoms with van der Waals surface area (Å²) in [7, 11) is 0. The number of anilines is 2. The maximum Gasteiger partial charge on any atom is 0.331 e. The molecule has 0 saturated carbocycles. The number of carbonyl (C=O) groups is 2. The summed E-state index contributed by atoms with van der Waals surface area (Å²) in [6.45, 7) is 2.34. The van der Waals surface area contributed by atoms with Gasteiger partial charge >= 0.3 is 5.97 Å². The summed E-state index contributed by atoms with van der Waals surface area (Å²) in [5, 5.41) is 3.32. The minimum Gasteiger partial charge on any atom is -0.492 e. The molecular formula is C18H17ClN2O4. The highest BCUT2D eigenvalue weighted by atomic mass is 35.5. The number of halogens is 1. The topological polar surface area (TPSA) is 67.9 Å². The molecule has 1 aliphatic rings. The van der Waals surface area contributed by atoms with E-state index in [1.807, 2.05) is 19.1 Å². The lowest BCUT2D eigenvalue weighted by atomic mass is 10.2. The van der Waals surface area contributed by atoms with Gasteiger partial charge in [0.15, 0.2) is 5.75 Å². The number of carbonyl (C=O) groups excluding carboxylic acids is 2. The number of nitrogens with zero attached hydrogens (tertiary/aromatic N) is 1. The molecule has 2 aromatic rings. The quantitative estimate of drug-likeness (QED) is 0.655. The van der Waals surface area contributed by atoms with Crippen molar-refractivity contribution in [3.8, 4) is 11.5 Å². The highest BCUT2D eigenvalue weighted by molar-refractivity contribution is 6.31. The van der Waals surface area contributed by atoms with Crippen LogP contribution >= 0.6 is 11.6 Å². The third-order valence-electron chi connectivity index (χ3n) is 3.60. The van der Waals surface area contributed by atoms with Crippen molar-refractivity contribution in [2.75, 3.05) is 29.9 Å². The van der Waals surface area contributed by atoms with E-state index in [4.69, 9.17) is 21.1 Å². The second kappa shape index (κ2) is 7.44. The van der Waals surface area contributed by atoms with Gasteiger partial charge in [-0.3, -0.25) is 4.79 Å². The summed E-state index contributed by atoms with van der Waals surface area (Å²) in [5.41, 5.74) is 1.19. The molecule has 1 N–H and O–H groups in total. The fraction of sp³-hybridized carbons (Fsp3) is 0.222. The molecule has 25 heavy (non-hydrogen) atoms. The van der Waals surface area contributed by atoms with Crippen molar-refractivity contribution in [1.82, 2.24) is 0 Å². The van der Waals surface area contributed by atoms with E-state index in [0.29, 0.717) is 34.5 Å². The molecule has 3 rings (SSSR count). The number of hydrogen-bond donors (Lipinski definition) is 1. The molecule has 2 aromatic carbocycles. The average molecular weight is 361 g/mol. The Morgan fingerprint density at radius 1 is 1.32 bits per heavy atom. The molecule has 1 heterocycles. The maximum atomic E-state index is 12.4. The largest absolute Gasteiger partial charge is 0.492 e. The van der Waals surface area contributed by atoms with E-state index in [1.54, 1.807) is 35.2 Å². The Morgan fingerprint density at radius 3 is 2.92 bits per heavy atom. The van der Waals surface area contributed by atoms with Crippen molar-refractivity contribution < 1.29 is 19.1 Å². The van der Waals surface area contributed by atoms with E-state index in [-0.39, 0.29) is 19.0 Å². The molecule has 1 amide bonds. The zero-order chi connectivity index (χ0) is 17.8. The number of ether oxygens (including phenoxy) is 2. The number of amides is 1. The summed E-state index contributed by atoms with van der Waals surface area (Å²) in [5.74, 6) is 0.299. The summed E-state index contributed by atoms with van der Waals surface area (Å²) >= 11 is 6.02. The van der Waals surface area contributed by atoms with Gasteiger partial charge in [-0.1, -0.05) is 23.7 Å². The minimum atomic E-state index is -0.419. The highest BCUT2D eigenvalue weighted by Crippen LogP contribution is 2.34. The molecule has 0 atom stereocenters. The molecule has 130 valence electrons. The maximum absolute atomic E-state index is 12.4. The summed E-state index contributed by atoms with van der Waals surface area (Å²) in [4.78, 5) is 25.8. The Bertz CT molecular complexity index is 809. The van der Waals surface area contributed by atoms with Gasteiger partial charge in [0.2, 0.25) is 5.91 Å². The van der Waals surface area contributed by atoms with Crippen LogP contribution in [0, 0.1) is 0 Å². The Kier molecular flexibility index (Phi) is 5.09. The van der Waals surface area contributed by atoms with Gasteiger partial charge in [0.1, 0.15) is 12.3 Å². The third kappa shape index (κ3) is 4.03. The Morgan fingerprint density at radius 2 is 2.12 bits per heavy atom. The van der Waals surface area contributed by atoms with Crippen LogP contribution in [0.5, 0.6) is 11.5 Å². The number of nitrogens with one attached hydrogen (secondary N) is 1. The van der Waals surface area contributed by atoms with Crippen molar-refractivity contribution in [3.63, 3.8) is 0 Å². The van der Waals surface area contributed by atoms with E-state index in [0.717, 1.165) is 0 Å². The second-order valence-electron chi connectivity index (χ2n) is 5.42. The van der Waals surface area contributed by atoms with Crippen LogP contribution in [0.2, 0.25) is 5.02 Å². The third-order valence-corrected chi connectivity index (χ3v) is 3.84. The standard InChI is InChI=1S/C18H17ClN2O4/c1-2-24-15-6-4-3-5-13(15)20-17(22)10-21-11-18(23)25-16-8-7-12(19)9-14(16)21/h3-9H,2,10-11H2,1H3,(H,20,22). The first-order valence-corrected chi connectivity index (χ1v) is 8.21. The van der Waals surface area contributed by atoms with Gasteiger partial charge in [0, 0.05) is 5.02 Å². The number of benzene rings is 2. The van der Waals surface area contributed by atoms with Crippen LogP contribution in [0.1, 0.15) is 6.92 Å². The average Bonchev–Trinajstić information content (AvgIpc) is 2.57. The molecule has 0 aliphatic carbocycles. The van der Waals surface area contributed by atoms with Crippen LogP contribution in [0.15, 0.2) is 42.5 Å². The Balaban J connectivity index is 1.76. The van der Waals surface area contributed by atoms with Gasteiger partial charge in [0.05, 0.1) is 24.5 Å². The molecule has 0 radical (unpaired) electrons. The molecule has 0 aromatic heterocycles. The summed E-state index contributed by atoms with van der Waals surface area (Å²) in [6, 6.07) is 12.1. The lowest BCUT2D eigenvalue weighted by molar-refractivity contribution is -0.133. The van der Waals surface area contributed by atoms with Crippen LogP contribution in [-0.4, -0.2) is 31.6 Å². The van der Waals surface area contributed by atoms with Crippen molar-refractivity contribution >= 4 is 34.9 Å².